The molecule has 0 spiro atoms. The van der Waals surface area contributed by atoms with E-state index in [2.05, 4.69) is 10.4 Å². The zero-order valence-corrected chi connectivity index (χ0v) is 15.5. The molecule has 2 N–H and O–H groups in total. The third kappa shape index (κ3) is 4.37. The van der Waals surface area contributed by atoms with Gasteiger partial charge in [0, 0.05) is 24.2 Å². The van der Waals surface area contributed by atoms with Gasteiger partial charge in [0.1, 0.15) is 5.56 Å². The van der Waals surface area contributed by atoms with Crippen LogP contribution < -0.4 is 5.32 Å². The van der Waals surface area contributed by atoms with Gasteiger partial charge in [-0.15, -0.1) is 5.10 Å². The molecule has 0 saturated carbocycles. The van der Waals surface area contributed by atoms with Gasteiger partial charge in [0.2, 0.25) is 0 Å². The van der Waals surface area contributed by atoms with Crippen LogP contribution in [0.15, 0.2) is 24.3 Å². The number of hydrogen-bond acceptors (Lipinski definition) is 6. The fourth-order valence-corrected chi connectivity index (χ4v) is 2.50. The van der Waals surface area contributed by atoms with Crippen LogP contribution in [0.3, 0.4) is 0 Å². The molecule has 0 aliphatic heterocycles. The molecule has 0 radical (unpaired) electrons. The van der Waals surface area contributed by atoms with Crippen LogP contribution in [0.5, 0.6) is 0 Å². The highest BCUT2D eigenvalue weighted by Gasteiger charge is 2.27. The molecule has 9 heteroatoms. The van der Waals surface area contributed by atoms with Crippen LogP contribution in [-0.2, 0) is 6.54 Å². The maximum Gasteiger partial charge on any atom is 0.341 e. The van der Waals surface area contributed by atoms with Crippen LogP contribution >= 0.6 is 0 Å². The van der Waals surface area contributed by atoms with Gasteiger partial charge in [-0.25, -0.2) is 9.48 Å². The number of nitrogens with one attached hydrogen (secondary N) is 1. The van der Waals surface area contributed by atoms with Crippen LogP contribution in [0.25, 0.3) is 5.69 Å². The van der Waals surface area contributed by atoms with Crippen molar-refractivity contribution in [1.29, 1.82) is 0 Å². The molecule has 26 heavy (non-hydrogen) atoms. The summed E-state index contributed by atoms with van der Waals surface area (Å²) in [6.45, 7) is 6.08. The van der Waals surface area contributed by atoms with E-state index in [0.29, 0.717) is 17.9 Å². The number of non-ortho nitro benzene ring substituents is 1. The number of benzene rings is 1. The van der Waals surface area contributed by atoms with Gasteiger partial charge in [-0.2, -0.15) is 0 Å². The lowest BCUT2D eigenvalue weighted by Crippen LogP contribution is -2.27. The lowest BCUT2D eigenvalue weighted by atomic mass is 10.1. The summed E-state index contributed by atoms with van der Waals surface area (Å²) in [5.74, 6) is -0.818. The molecular formula is C17H23N5O4. The average molecular weight is 361 g/mol. The summed E-state index contributed by atoms with van der Waals surface area (Å²) in [6.07, 6.45) is 0. The highest BCUT2D eigenvalue weighted by Crippen LogP contribution is 2.27. The standard InChI is InChI=1S/C17H23N5O4/c1-17(2,3)18-15-14(16(23)24)13(10-20(4)5)21(19-15)11-6-8-12(9-7-11)22(25)26/h6-9H,10H2,1-5H3,(H,18,19)(H,23,24). The third-order valence-corrected chi connectivity index (χ3v) is 3.46. The number of carboxylic acids is 1. The summed E-state index contributed by atoms with van der Waals surface area (Å²) in [5.41, 5.74) is 0.711. The van der Waals surface area contributed by atoms with Crippen LogP contribution in [0.2, 0.25) is 0 Å². The molecule has 2 aromatic rings. The van der Waals surface area contributed by atoms with E-state index in [1.165, 1.54) is 16.8 Å². The third-order valence-electron chi connectivity index (χ3n) is 3.46. The van der Waals surface area contributed by atoms with Gasteiger partial charge >= 0.3 is 5.97 Å². The number of nitro benzene ring substituents is 1. The smallest absolute Gasteiger partial charge is 0.341 e. The molecule has 0 atom stereocenters. The Kier molecular flexibility index (Phi) is 5.31. The molecule has 0 bridgehead atoms. The maximum absolute atomic E-state index is 11.9. The Bertz CT molecular complexity index is 819. The molecule has 1 aromatic heterocycles. The molecule has 0 aliphatic rings. The van der Waals surface area contributed by atoms with Crippen molar-refractivity contribution in [2.24, 2.45) is 0 Å². The topological polar surface area (TPSA) is 114 Å². The van der Waals surface area contributed by atoms with Crippen molar-refractivity contribution in [3.8, 4) is 5.69 Å². The minimum atomic E-state index is -1.08. The zero-order valence-electron chi connectivity index (χ0n) is 15.5. The van der Waals surface area contributed by atoms with Crippen LogP contribution in [0.1, 0.15) is 36.8 Å². The summed E-state index contributed by atoms with van der Waals surface area (Å²) in [4.78, 5) is 24.1. The predicted octanol–water partition coefficient (Wildman–Crippen LogP) is 2.75. The van der Waals surface area contributed by atoms with Gasteiger partial charge < -0.3 is 15.3 Å². The SMILES string of the molecule is CN(C)Cc1c(C(=O)O)c(NC(C)(C)C)nn1-c1ccc([N+](=O)[O-])cc1. The molecule has 0 unspecified atom stereocenters. The zero-order chi connectivity index (χ0) is 19.6. The molecule has 1 heterocycles. The molecule has 140 valence electrons. The maximum atomic E-state index is 11.9. The van der Waals surface area contributed by atoms with Crippen LogP contribution in [-0.4, -0.2) is 50.3 Å². The Balaban J connectivity index is 2.64. The Hall–Kier alpha value is -2.94. The number of nitrogens with zero attached hydrogens (tertiary/aromatic N) is 4. The first-order valence-electron chi connectivity index (χ1n) is 8.02. The Labute approximate surface area is 151 Å². The summed E-state index contributed by atoms with van der Waals surface area (Å²) in [5, 5.41) is 28.2. The molecule has 0 amide bonds. The van der Waals surface area contributed by atoms with E-state index < -0.39 is 10.9 Å². The number of aromatic nitrogens is 2. The molecule has 1 aromatic carbocycles. The second-order valence-electron chi connectivity index (χ2n) is 7.27. The van der Waals surface area contributed by atoms with Crippen molar-refractivity contribution in [2.75, 3.05) is 19.4 Å². The van der Waals surface area contributed by atoms with Crippen molar-refractivity contribution in [1.82, 2.24) is 14.7 Å². The fourth-order valence-electron chi connectivity index (χ4n) is 2.50. The monoisotopic (exact) mass is 361 g/mol. The van der Waals surface area contributed by atoms with E-state index in [1.54, 1.807) is 12.1 Å². The van der Waals surface area contributed by atoms with Gasteiger partial charge in [-0.05, 0) is 47.0 Å². The van der Waals surface area contributed by atoms with E-state index in [9.17, 15) is 20.0 Å². The Morgan fingerprint density at radius 1 is 1.31 bits per heavy atom. The molecule has 9 nitrogen and oxygen atoms in total. The number of hydrogen-bond donors (Lipinski definition) is 2. The predicted molar refractivity (Wildman–Crippen MR) is 97.9 cm³/mol. The summed E-state index contributed by atoms with van der Waals surface area (Å²) in [7, 11) is 3.66. The second-order valence-corrected chi connectivity index (χ2v) is 7.27. The highest BCUT2D eigenvalue weighted by atomic mass is 16.6. The lowest BCUT2D eigenvalue weighted by Gasteiger charge is -2.20. The number of carbonyl (C=O) groups is 1. The first-order chi connectivity index (χ1) is 12.0. The second kappa shape index (κ2) is 7.12. The van der Waals surface area contributed by atoms with Crippen molar-refractivity contribution in [3.05, 3.63) is 45.6 Å². The minimum absolute atomic E-state index is 0.0402. The fraction of sp³-hybridized carbons (Fsp3) is 0.412. The average Bonchev–Trinajstić information content (AvgIpc) is 2.82. The summed E-state index contributed by atoms with van der Waals surface area (Å²) >= 11 is 0. The molecule has 0 aliphatic carbocycles. The highest BCUT2D eigenvalue weighted by molar-refractivity contribution is 5.95. The minimum Gasteiger partial charge on any atom is -0.477 e. The number of nitro groups is 1. The number of carboxylic acid groups (broad SMARTS) is 1. The van der Waals surface area contributed by atoms with Crippen molar-refractivity contribution in [3.63, 3.8) is 0 Å². The molecule has 2 rings (SSSR count). The van der Waals surface area contributed by atoms with Crippen LogP contribution in [0.4, 0.5) is 11.5 Å². The first kappa shape index (κ1) is 19.4. The van der Waals surface area contributed by atoms with Crippen molar-refractivity contribution in [2.45, 2.75) is 32.9 Å². The number of anilines is 1. The van der Waals surface area contributed by atoms with Gasteiger partial charge in [0.25, 0.3) is 5.69 Å². The number of rotatable bonds is 6. The normalized spacial score (nSPS) is 11.6. The lowest BCUT2D eigenvalue weighted by molar-refractivity contribution is -0.384. The van der Waals surface area contributed by atoms with E-state index >= 15 is 0 Å². The van der Waals surface area contributed by atoms with E-state index in [4.69, 9.17) is 0 Å². The van der Waals surface area contributed by atoms with Gasteiger partial charge in [0.05, 0.1) is 16.3 Å². The van der Waals surface area contributed by atoms with Gasteiger partial charge in [0.15, 0.2) is 5.82 Å². The van der Waals surface area contributed by atoms with Crippen LogP contribution in [0, 0.1) is 10.1 Å². The van der Waals surface area contributed by atoms with Gasteiger partial charge in [-0.1, -0.05) is 0 Å². The Morgan fingerprint density at radius 2 is 1.88 bits per heavy atom. The Morgan fingerprint density at radius 3 is 2.31 bits per heavy atom. The van der Waals surface area contributed by atoms with E-state index in [0.717, 1.165) is 0 Å². The molecule has 0 fully saturated rings. The summed E-state index contributed by atoms with van der Waals surface area (Å²) in [6, 6.07) is 5.84. The largest absolute Gasteiger partial charge is 0.477 e. The van der Waals surface area contributed by atoms with Crippen molar-refractivity contribution < 1.29 is 14.8 Å². The van der Waals surface area contributed by atoms with Gasteiger partial charge in [-0.3, -0.25) is 10.1 Å². The molecular weight excluding hydrogens is 338 g/mol. The van der Waals surface area contributed by atoms with E-state index in [-0.39, 0.29) is 22.6 Å². The molecule has 0 saturated heterocycles. The van der Waals surface area contributed by atoms with E-state index in [1.807, 2.05) is 39.8 Å². The van der Waals surface area contributed by atoms with Crippen molar-refractivity contribution >= 4 is 17.5 Å². The number of aromatic carboxylic acids is 1. The summed E-state index contributed by atoms with van der Waals surface area (Å²) < 4.78 is 1.52. The first-order valence-corrected chi connectivity index (χ1v) is 8.02. The quantitative estimate of drug-likeness (QED) is 0.600.